The van der Waals surface area contributed by atoms with Crippen molar-refractivity contribution in [3.8, 4) is 0 Å². The third kappa shape index (κ3) is 2.84. The van der Waals surface area contributed by atoms with Crippen LogP contribution in [0.3, 0.4) is 0 Å². The number of halogens is 1. The SMILES string of the molecule is Cc1cc(NC(C)CO)c(Cl)cc1[N+](=O)[O-]. The Hall–Kier alpha value is -1.33. The van der Waals surface area contributed by atoms with Crippen LogP contribution in [0, 0.1) is 17.0 Å². The normalized spacial score (nSPS) is 12.2. The summed E-state index contributed by atoms with van der Waals surface area (Å²) in [5.74, 6) is 0. The van der Waals surface area contributed by atoms with Crippen molar-refractivity contribution < 1.29 is 10.0 Å². The number of rotatable bonds is 4. The summed E-state index contributed by atoms with van der Waals surface area (Å²) in [5, 5.41) is 22.8. The van der Waals surface area contributed by atoms with Gasteiger partial charge in [-0.25, -0.2) is 0 Å². The molecular weight excluding hydrogens is 232 g/mol. The average Bonchev–Trinajstić information content (AvgIpc) is 2.22. The van der Waals surface area contributed by atoms with Gasteiger partial charge < -0.3 is 10.4 Å². The Morgan fingerprint density at radius 2 is 2.25 bits per heavy atom. The zero-order chi connectivity index (χ0) is 12.3. The van der Waals surface area contributed by atoms with Crippen LogP contribution in [0.1, 0.15) is 12.5 Å². The minimum Gasteiger partial charge on any atom is -0.394 e. The second-order valence-corrected chi connectivity index (χ2v) is 4.01. The maximum absolute atomic E-state index is 10.7. The summed E-state index contributed by atoms with van der Waals surface area (Å²) in [4.78, 5) is 10.2. The van der Waals surface area contributed by atoms with Crippen molar-refractivity contribution in [2.75, 3.05) is 11.9 Å². The second-order valence-electron chi connectivity index (χ2n) is 3.60. The first-order valence-corrected chi connectivity index (χ1v) is 5.15. The number of aliphatic hydroxyl groups is 1. The van der Waals surface area contributed by atoms with Crippen molar-refractivity contribution in [3.63, 3.8) is 0 Å². The summed E-state index contributed by atoms with van der Waals surface area (Å²) < 4.78 is 0. The fraction of sp³-hybridized carbons (Fsp3) is 0.400. The predicted octanol–water partition coefficient (Wildman–Crippen LogP) is 2.35. The summed E-state index contributed by atoms with van der Waals surface area (Å²) >= 11 is 5.90. The quantitative estimate of drug-likeness (QED) is 0.630. The Morgan fingerprint density at radius 1 is 1.62 bits per heavy atom. The van der Waals surface area contributed by atoms with Crippen molar-refractivity contribution in [2.24, 2.45) is 0 Å². The molecule has 0 aromatic heterocycles. The average molecular weight is 245 g/mol. The van der Waals surface area contributed by atoms with E-state index >= 15 is 0 Å². The molecule has 1 aromatic carbocycles. The Balaban J connectivity index is 3.05. The van der Waals surface area contributed by atoms with E-state index in [2.05, 4.69) is 5.32 Å². The molecular formula is C10H13ClN2O3. The number of aryl methyl sites for hydroxylation is 1. The fourth-order valence-electron chi connectivity index (χ4n) is 1.29. The van der Waals surface area contributed by atoms with Gasteiger partial charge in [-0.15, -0.1) is 0 Å². The molecule has 0 radical (unpaired) electrons. The summed E-state index contributed by atoms with van der Waals surface area (Å²) in [7, 11) is 0. The summed E-state index contributed by atoms with van der Waals surface area (Å²) in [5.41, 5.74) is 1.11. The van der Waals surface area contributed by atoms with E-state index in [1.165, 1.54) is 6.07 Å². The molecule has 0 spiro atoms. The lowest BCUT2D eigenvalue weighted by Crippen LogP contribution is -2.19. The largest absolute Gasteiger partial charge is 0.394 e. The van der Waals surface area contributed by atoms with E-state index in [0.29, 0.717) is 11.3 Å². The minimum absolute atomic E-state index is 0.00722. The van der Waals surface area contributed by atoms with Crippen LogP contribution in [-0.4, -0.2) is 22.7 Å². The predicted molar refractivity (Wildman–Crippen MR) is 63.0 cm³/mol. The third-order valence-corrected chi connectivity index (χ3v) is 2.47. The van der Waals surface area contributed by atoms with Crippen LogP contribution in [-0.2, 0) is 0 Å². The molecule has 1 rings (SSSR count). The van der Waals surface area contributed by atoms with Gasteiger partial charge in [0.2, 0.25) is 0 Å². The number of benzene rings is 1. The van der Waals surface area contributed by atoms with Crippen LogP contribution in [0.15, 0.2) is 12.1 Å². The highest BCUT2D eigenvalue weighted by molar-refractivity contribution is 6.33. The highest BCUT2D eigenvalue weighted by Crippen LogP contribution is 2.30. The summed E-state index contributed by atoms with van der Waals surface area (Å²) in [6, 6.07) is 2.76. The number of aliphatic hydroxyl groups excluding tert-OH is 1. The second kappa shape index (κ2) is 5.14. The molecule has 0 heterocycles. The molecule has 0 fully saturated rings. The summed E-state index contributed by atoms with van der Waals surface area (Å²) in [6.45, 7) is 3.39. The molecule has 1 atom stereocenters. The van der Waals surface area contributed by atoms with Crippen LogP contribution < -0.4 is 5.32 Å². The highest BCUT2D eigenvalue weighted by Gasteiger charge is 2.15. The molecule has 1 unspecified atom stereocenters. The molecule has 0 aliphatic carbocycles. The Kier molecular flexibility index (Phi) is 4.09. The molecule has 0 saturated heterocycles. The van der Waals surface area contributed by atoms with Gasteiger partial charge in [-0.3, -0.25) is 10.1 Å². The van der Waals surface area contributed by atoms with Gasteiger partial charge in [-0.1, -0.05) is 11.6 Å². The standard InChI is InChI=1S/C10H13ClN2O3/c1-6-3-9(12-7(2)5-14)8(11)4-10(6)13(15)16/h3-4,7,12,14H,5H2,1-2H3. The Morgan fingerprint density at radius 3 is 2.75 bits per heavy atom. The van der Waals surface area contributed by atoms with Crippen molar-refractivity contribution in [1.82, 2.24) is 0 Å². The minimum atomic E-state index is -0.472. The van der Waals surface area contributed by atoms with Gasteiger partial charge in [-0.2, -0.15) is 0 Å². The first-order valence-electron chi connectivity index (χ1n) is 4.77. The van der Waals surface area contributed by atoms with E-state index in [9.17, 15) is 10.1 Å². The van der Waals surface area contributed by atoms with E-state index in [-0.39, 0.29) is 23.4 Å². The lowest BCUT2D eigenvalue weighted by molar-refractivity contribution is -0.385. The zero-order valence-corrected chi connectivity index (χ0v) is 9.78. The molecule has 0 bridgehead atoms. The van der Waals surface area contributed by atoms with Crippen LogP contribution >= 0.6 is 11.6 Å². The van der Waals surface area contributed by atoms with Gasteiger partial charge >= 0.3 is 0 Å². The van der Waals surface area contributed by atoms with Crippen LogP contribution in [0.2, 0.25) is 5.02 Å². The lowest BCUT2D eigenvalue weighted by atomic mass is 10.1. The van der Waals surface area contributed by atoms with Crippen molar-refractivity contribution >= 4 is 23.0 Å². The molecule has 0 aliphatic rings. The number of nitrogens with zero attached hydrogens (tertiary/aromatic N) is 1. The van der Waals surface area contributed by atoms with Gasteiger partial charge in [0.05, 0.1) is 22.2 Å². The first-order chi connectivity index (χ1) is 7.45. The number of nitro groups is 1. The Bertz CT molecular complexity index is 409. The fourth-order valence-corrected chi connectivity index (χ4v) is 1.50. The van der Waals surface area contributed by atoms with Crippen molar-refractivity contribution in [2.45, 2.75) is 19.9 Å². The molecule has 0 aliphatic heterocycles. The van der Waals surface area contributed by atoms with Crippen molar-refractivity contribution in [3.05, 3.63) is 32.8 Å². The highest BCUT2D eigenvalue weighted by atomic mass is 35.5. The number of hydrogen-bond donors (Lipinski definition) is 2. The summed E-state index contributed by atoms with van der Waals surface area (Å²) in [6.07, 6.45) is 0. The van der Waals surface area contributed by atoms with Gasteiger partial charge in [0, 0.05) is 17.7 Å². The van der Waals surface area contributed by atoms with E-state index in [1.54, 1.807) is 19.9 Å². The molecule has 6 heteroatoms. The first kappa shape index (κ1) is 12.7. The van der Waals surface area contributed by atoms with E-state index in [0.717, 1.165) is 0 Å². The number of nitro benzene ring substituents is 1. The topological polar surface area (TPSA) is 75.4 Å². The van der Waals surface area contributed by atoms with E-state index < -0.39 is 4.92 Å². The van der Waals surface area contributed by atoms with Crippen molar-refractivity contribution in [1.29, 1.82) is 0 Å². The van der Waals surface area contributed by atoms with Crippen LogP contribution in [0.5, 0.6) is 0 Å². The Labute approximate surface area is 98.2 Å². The maximum atomic E-state index is 10.7. The smallest absolute Gasteiger partial charge is 0.273 e. The maximum Gasteiger partial charge on any atom is 0.273 e. The number of anilines is 1. The van der Waals surface area contributed by atoms with Gasteiger partial charge in [-0.05, 0) is 19.9 Å². The van der Waals surface area contributed by atoms with Crippen LogP contribution in [0.4, 0.5) is 11.4 Å². The molecule has 88 valence electrons. The lowest BCUT2D eigenvalue weighted by Gasteiger charge is -2.14. The number of nitrogens with one attached hydrogen (secondary N) is 1. The molecule has 1 aromatic rings. The van der Waals surface area contributed by atoms with Gasteiger partial charge in [0.15, 0.2) is 0 Å². The number of hydrogen-bond acceptors (Lipinski definition) is 4. The molecule has 0 saturated carbocycles. The molecule has 2 N–H and O–H groups in total. The van der Waals surface area contributed by atoms with Crippen LogP contribution in [0.25, 0.3) is 0 Å². The molecule has 5 nitrogen and oxygen atoms in total. The third-order valence-electron chi connectivity index (χ3n) is 2.16. The van der Waals surface area contributed by atoms with E-state index in [4.69, 9.17) is 16.7 Å². The molecule has 0 amide bonds. The van der Waals surface area contributed by atoms with E-state index in [1.807, 2.05) is 0 Å². The monoisotopic (exact) mass is 244 g/mol. The molecule has 16 heavy (non-hydrogen) atoms. The van der Waals surface area contributed by atoms with Gasteiger partial charge in [0.1, 0.15) is 0 Å². The zero-order valence-electron chi connectivity index (χ0n) is 9.03. The van der Waals surface area contributed by atoms with Gasteiger partial charge in [0.25, 0.3) is 5.69 Å².